The third-order valence-corrected chi connectivity index (χ3v) is 2.60. The summed E-state index contributed by atoms with van der Waals surface area (Å²) in [6, 6.07) is 3.25. The number of amides is 1. The highest BCUT2D eigenvalue weighted by Crippen LogP contribution is 2.05. The number of hydrogen-bond donors (Lipinski definition) is 2. The van der Waals surface area contributed by atoms with Crippen LogP contribution in [0.15, 0.2) is 24.5 Å². The molecule has 2 aromatic heterocycles. The Bertz CT molecular complexity index is 558. The number of nitrogens with zero attached hydrogens (tertiary/aromatic N) is 3. The Hall–Kier alpha value is -2.37. The van der Waals surface area contributed by atoms with Crippen molar-refractivity contribution in [1.29, 1.82) is 0 Å². The molecule has 0 aromatic carbocycles. The summed E-state index contributed by atoms with van der Waals surface area (Å²) in [5.74, 6) is 0.223. The minimum Gasteiger partial charge on any atom is -0.384 e. The molecule has 0 radical (unpaired) electrons. The predicted molar refractivity (Wildman–Crippen MR) is 67.8 cm³/mol. The van der Waals surface area contributed by atoms with Gasteiger partial charge in [-0.25, -0.2) is 4.98 Å². The van der Waals surface area contributed by atoms with Gasteiger partial charge in [-0.1, -0.05) is 0 Å². The zero-order valence-corrected chi connectivity index (χ0v) is 10.3. The smallest absolute Gasteiger partial charge is 0.253 e. The minimum atomic E-state index is -0.175. The second kappa shape index (κ2) is 4.87. The van der Waals surface area contributed by atoms with E-state index in [0.717, 1.165) is 11.3 Å². The van der Waals surface area contributed by atoms with Crippen LogP contribution < -0.4 is 11.1 Å². The Labute approximate surface area is 105 Å². The standard InChI is InChI=1S/C12H15N5O/c1-8-10(7-17(2)16-8)6-15-12(18)9-3-4-11(13)14-5-9/h3-5,7H,6H2,1-2H3,(H2,13,14)(H,15,18). The summed E-state index contributed by atoms with van der Waals surface area (Å²) in [6.07, 6.45) is 3.34. The maximum atomic E-state index is 11.8. The van der Waals surface area contributed by atoms with Gasteiger partial charge in [0.1, 0.15) is 5.82 Å². The molecule has 0 aliphatic heterocycles. The van der Waals surface area contributed by atoms with Crippen molar-refractivity contribution in [2.24, 2.45) is 7.05 Å². The van der Waals surface area contributed by atoms with Crippen LogP contribution in [0.25, 0.3) is 0 Å². The summed E-state index contributed by atoms with van der Waals surface area (Å²) >= 11 is 0. The number of anilines is 1. The van der Waals surface area contributed by atoms with Crippen LogP contribution in [0.1, 0.15) is 21.6 Å². The van der Waals surface area contributed by atoms with Gasteiger partial charge in [0.25, 0.3) is 5.91 Å². The third kappa shape index (κ3) is 2.65. The number of carbonyl (C=O) groups excluding carboxylic acids is 1. The van der Waals surface area contributed by atoms with E-state index >= 15 is 0 Å². The zero-order chi connectivity index (χ0) is 13.1. The van der Waals surface area contributed by atoms with E-state index in [2.05, 4.69) is 15.4 Å². The topological polar surface area (TPSA) is 85.8 Å². The Kier molecular flexibility index (Phi) is 3.27. The van der Waals surface area contributed by atoms with Gasteiger partial charge in [0.05, 0.1) is 11.3 Å². The lowest BCUT2D eigenvalue weighted by atomic mass is 10.2. The van der Waals surface area contributed by atoms with Crippen molar-refractivity contribution in [2.45, 2.75) is 13.5 Å². The van der Waals surface area contributed by atoms with Crippen molar-refractivity contribution in [3.05, 3.63) is 41.3 Å². The number of nitrogens with one attached hydrogen (secondary N) is 1. The van der Waals surface area contributed by atoms with Crippen LogP contribution in [0, 0.1) is 6.92 Å². The van der Waals surface area contributed by atoms with E-state index in [4.69, 9.17) is 5.73 Å². The molecule has 0 atom stereocenters. The number of nitrogen functional groups attached to an aromatic ring is 1. The van der Waals surface area contributed by atoms with E-state index in [-0.39, 0.29) is 5.91 Å². The first-order valence-corrected chi connectivity index (χ1v) is 5.55. The normalized spacial score (nSPS) is 10.3. The van der Waals surface area contributed by atoms with Crippen molar-refractivity contribution < 1.29 is 4.79 Å². The first-order chi connectivity index (χ1) is 8.56. The van der Waals surface area contributed by atoms with E-state index in [9.17, 15) is 4.79 Å². The zero-order valence-electron chi connectivity index (χ0n) is 10.3. The molecule has 0 aliphatic carbocycles. The maximum Gasteiger partial charge on any atom is 0.253 e. The van der Waals surface area contributed by atoms with E-state index in [1.165, 1.54) is 6.20 Å². The Morgan fingerprint density at radius 2 is 2.28 bits per heavy atom. The molecule has 0 aliphatic rings. The second-order valence-electron chi connectivity index (χ2n) is 4.07. The molecule has 0 saturated heterocycles. The fourth-order valence-corrected chi connectivity index (χ4v) is 1.64. The fourth-order valence-electron chi connectivity index (χ4n) is 1.64. The predicted octanol–water partition coefficient (Wildman–Crippen LogP) is 0.636. The molecular weight excluding hydrogens is 230 g/mol. The van der Waals surface area contributed by atoms with Crippen LogP contribution in [0.5, 0.6) is 0 Å². The molecule has 94 valence electrons. The lowest BCUT2D eigenvalue weighted by Gasteiger charge is -2.04. The third-order valence-electron chi connectivity index (χ3n) is 2.60. The van der Waals surface area contributed by atoms with Gasteiger partial charge in [-0.05, 0) is 19.1 Å². The minimum absolute atomic E-state index is 0.175. The molecule has 6 nitrogen and oxygen atoms in total. The van der Waals surface area contributed by atoms with Crippen molar-refractivity contribution in [3.8, 4) is 0 Å². The molecule has 6 heteroatoms. The number of aryl methyl sites for hydroxylation is 2. The highest BCUT2D eigenvalue weighted by molar-refractivity contribution is 5.93. The summed E-state index contributed by atoms with van der Waals surface area (Å²) < 4.78 is 1.72. The molecule has 0 bridgehead atoms. The molecule has 2 heterocycles. The van der Waals surface area contributed by atoms with E-state index in [0.29, 0.717) is 17.9 Å². The molecule has 0 fully saturated rings. The molecule has 2 rings (SSSR count). The molecular formula is C12H15N5O. The SMILES string of the molecule is Cc1nn(C)cc1CNC(=O)c1ccc(N)nc1. The van der Waals surface area contributed by atoms with Crippen LogP contribution >= 0.6 is 0 Å². The number of carbonyl (C=O) groups is 1. The van der Waals surface area contributed by atoms with Gasteiger partial charge in [-0.2, -0.15) is 5.10 Å². The quantitative estimate of drug-likeness (QED) is 0.830. The van der Waals surface area contributed by atoms with E-state index in [1.54, 1.807) is 16.8 Å². The average molecular weight is 245 g/mol. The summed E-state index contributed by atoms with van der Waals surface area (Å²) in [5.41, 5.74) is 7.86. The molecule has 3 N–H and O–H groups in total. The van der Waals surface area contributed by atoms with Gasteiger partial charge in [-0.3, -0.25) is 9.48 Å². The van der Waals surface area contributed by atoms with Gasteiger partial charge in [-0.15, -0.1) is 0 Å². The largest absolute Gasteiger partial charge is 0.384 e. The number of aromatic nitrogens is 3. The molecule has 0 unspecified atom stereocenters. The van der Waals surface area contributed by atoms with Crippen LogP contribution in [-0.2, 0) is 13.6 Å². The van der Waals surface area contributed by atoms with Crippen molar-refractivity contribution in [1.82, 2.24) is 20.1 Å². The van der Waals surface area contributed by atoms with E-state index in [1.807, 2.05) is 20.2 Å². The highest BCUT2D eigenvalue weighted by Gasteiger charge is 2.08. The van der Waals surface area contributed by atoms with Crippen LogP contribution in [0.2, 0.25) is 0 Å². The number of rotatable bonds is 3. The molecule has 0 saturated carbocycles. The molecule has 2 aromatic rings. The van der Waals surface area contributed by atoms with Gasteiger partial charge >= 0.3 is 0 Å². The van der Waals surface area contributed by atoms with Crippen molar-refractivity contribution >= 4 is 11.7 Å². The summed E-state index contributed by atoms with van der Waals surface area (Å²) in [4.78, 5) is 15.7. The van der Waals surface area contributed by atoms with Crippen molar-refractivity contribution in [2.75, 3.05) is 5.73 Å². The monoisotopic (exact) mass is 245 g/mol. The van der Waals surface area contributed by atoms with E-state index < -0.39 is 0 Å². The van der Waals surface area contributed by atoms with Gasteiger partial charge in [0.2, 0.25) is 0 Å². The number of pyridine rings is 1. The first-order valence-electron chi connectivity index (χ1n) is 5.55. The van der Waals surface area contributed by atoms with Gasteiger partial charge < -0.3 is 11.1 Å². The fraction of sp³-hybridized carbons (Fsp3) is 0.250. The average Bonchev–Trinajstić information content (AvgIpc) is 2.66. The summed E-state index contributed by atoms with van der Waals surface area (Å²) in [6.45, 7) is 2.36. The van der Waals surface area contributed by atoms with Gasteiger partial charge in [0, 0.05) is 31.5 Å². The number of nitrogens with two attached hydrogens (primary N) is 1. The van der Waals surface area contributed by atoms with Gasteiger partial charge in [0.15, 0.2) is 0 Å². The van der Waals surface area contributed by atoms with Crippen LogP contribution in [0.4, 0.5) is 5.82 Å². The lowest BCUT2D eigenvalue weighted by Crippen LogP contribution is -2.23. The van der Waals surface area contributed by atoms with Crippen molar-refractivity contribution in [3.63, 3.8) is 0 Å². The lowest BCUT2D eigenvalue weighted by molar-refractivity contribution is 0.0950. The molecule has 0 spiro atoms. The second-order valence-corrected chi connectivity index (χ2v) is 4.07. The Morgan fingerprint density at radius 1 is 1.50 bits per heavy atom. The first kappa shape index (κ1) is 12.1. The number of hydrogen-bond acceptors (Lipinski definition) is 4. The Balaban J connectivity index is 2.00. The van der Waals surface area contributed by atoms with Crippen LogP contribution in [-0.4, -0.2) is 20.7 Å². The molecule has 18 heavy (non-hydrogen) atoms. The summed E-state index contributed by atoms with van der Waals surface area (Å²) in [5, 5.41) is 7.03. The molecule has 1 amide bonds. The Morgan fingerprint density at radius 3 is 2.83 bits per heavy atom. The summed E-state index contributed by atoms with van der Waals surface area (Å²) in [7, 11) is 1.85. The highest BCUT2D eigenvalue weighted by atomic mass is 16.1. The van der Waals surface area contributed by atoms with Crippen LogP contribution in [0.3, 0.4) is 0 Å². The maximum absolute atomic E-state index is 11.8.